The van der Waals surface area contributed by atoms with Gasteiger partial charge in [0, 0.05) is 23.7 Å². The van der Waals surface area contributed by atoms with Gasteiger partial charge in [0.1, 0.15) is 6.04 Å². The van der Waals surface area contributed by atoms with Gasteiger partial charge in [-0.05, 0) is 37.1 Å². The topological polar surface area (TPSA) is 105 Å². The average molecular weight is 445 g/mol. The smallest absolute Gasteiger partial charge is 0.290 e. The van der Waals surface area contributed by atoms with Crippen LogP contribution < -0.4 is 10.6 Å². The Kier molecular flexibility index (Phi) is 5.96. The van der Waals surface area contributed by atoms with Gasteiger partial charge in [0.05, 0.1) is 23.4 Å². The Morgan fingerprint density at radius 3 is 2.93 bits per heavy atom. The lowest BCUT2D eigenvalue weighted by atomic mass is 10.2. The number of carbonyl (C=O) groups is 3. The lowest BCUT2D eigenvalue weighted by molar-refractivity contribution is -0.120. The number of rotatable bonds is 6. The van der Waals surface area contributed by atoms with Gasteiger partial charge in [0.25, 0.3) is 5.91 Å². The molecule has 3 amide bonds. The fraction of sp³-hybridized carbons (Fsp3) is 0.300. The molecule has 4 heterocycles. The number of nitrogens with one attached hydrogen (secondary N) is 2. The van der Waals surface area contributed by atoms with E-state index in [0.29, 0.717) is 24.6 Å². The summed E-state index contributed by atoms with van der Waals surface area (Å²) in [5.74, 6) is -0.359. The highest BCUT2D eigenvalue weighted by Crippen LogP contribution is 2.31. The van der Waals surface area contributed by atoms with Gasteiger partial charge in [-0.15, -0.1) is 22.7 Å². The monoisotopic (exact) mass is 444 g/mol. The molecule has 156 valence electrons. The van der Waals surface area contributed by atoms with Crippen molar-refractivity contribution in [1.29, 1.82) is 0 Å². The first-order chi connectivity index (χ1) is 14.5. The maximum atomic E-state index is 12.8. The van der Waals surface area contributed by atoms with E-state index in [-0.39, 0.29) is 23.5 Å². The van der Waals surface area contributed by atoms with Gasteiger partial charge in [-0.2, -0.15) is 0 Å². The zero-order valence-corrected chi connectivity index (χ0v) is 17.8. The Balaban J connectivity index is 1.40. The molecule has 0 unspecified atom stereocenters. The molecule has 1 atom stereocenters. The molecule has 30 heavy (non-hydrogen) atoms. The molecule has 0 saturated carbocycles. The molecular weight excluding hydrogens is 424 g/mol. The number of nitrogens with zero attached hydrogens (tertiary/aromatic N) is 2. The summed E-state index contributed by atoms with van der Waals surface area (Å²) >= 11 is 2.88. The summed E-state index contributed by atoms with van der Waals surface area (Å²) in [5, 5.41) is 7.98. The minimum absolute atomic E-state index is 0.0740. The highest BCUT2D eigenvalue weighted by molar-refractivity contribution is 7.17. The maximum absolute atomic E-state index is 12.8. The van der Waals surface area contributed by atoms with Gasteiger partial charge in [0.15, 0.2) is 10.9 Å². The summed E-state index contributed by atoms with van der Waals surface area (Å²) in [5.41, 5.74) is 0.768. The summed E-state index contributed by atoms with van der Waals surface area (Å²) < 4.78 is 5.18. The molecule has 0 spiro atoms. The summed E-state index contributed by atoms with van der Waals surface area (Å²) in [4.78, 5) is 44.5. The fourth-order valence-electron chi connectivity index (χ4n) is 3.28. The van der Waals surface area contributed by atoms with E-state index in [0.717, 1.165) is 21.9 Å². The number of thiazole rings is 1. The molecule has 0 aromatic carbocycles. The summed E-state index contributed by atoms with van der Waals surface area (Å²) in [7, 11) is 0. The standard InChI is InChI=1S/C20H20N4O4S2/c1-12(25)21-10-13-6-7-17(30-13)14-11-29-20(22-14)23-18(26)15-4-2-8-24(15)19(27)16-5-3-9-28-16/h3,5-7,9,11,15H,2,4,8,10H2,1H3,(H,21,25)(H,22,23,26)/t15-/m0/s1. The van der Waals surface area contributed by atoms with Crippen LogP contribution in [0.3, 0.4) is 0 Å². The van der Waals surface area contributed by atoms with Crippen molar-refractivity contribution in [1.82, 2.24) is 15.2 Å². The molecule has 0 bridgehead atoms. The number of hydrogen-bond acceptors (Lipinski definition) is 7. The van der Waals surface area contributed by atoms with Gasteiger partial charge in [-0.25, -0.2) is 4.98 Å². The Bertz CT molecular complexity index is 1060. The molecule has 1 aliphatic rings. The van der Waals surface area contributed by atoms with Crippen LogP contribution in [0.1, 0.15) is 35.2 Å². The predicted octanol–water partition coefficient (Wildman–Crippen LogP) is 3.34. The quantitative estimate of drug-likeness (QED) is 0.607. The van der Waals surface area contributed by atoms with Gasteiger partial charge >= 0.3 is 0 Å². The summed E-state index contributed by atoms with van der Waals surface area (Å²) in [6, 6.07) is 6.61. The highest BCUT2D eigenvalue weighted by Gasteiger charge is 2.35. The van der Waals surface area contributed by atoms with Crippen LogP contribution in [-0.4, -0.2) is 40.2 Å². The van der Waals surface area contributed by atoms with Crippen LogP contribution in [-0.2, 0) is 16.1 Å². The van der Waals surface area contributed by atoms with Crippen molar-refractivity contribution in [3.8, 4) is 10.6 Å². The molecule has 1 aliphatic heterocycles. The van der Waals surface area contributed by atoms with E-state index in [9.17, 15) is 14.4 Å². The number of furan rings is 1. The first-order valence-corrected chi connectivity index (χ1v) is 11.2. The minimum Gasteiger partial charge on any atom is -0.459 e. The number of thiophene rings is 1. The molecule has 3 aromatic rings. The van der Waals surface area contributed by atoms with Crippen LogP contribution in [0.2, 0.25) is 0 Å². The van der Waals surface area contributed by atoms with E-state index < -0.39 is 6.04 Å². The molecular formula is C20H20N4O4S2. The van der Waals surface area contributed by atoms with Crippen LogP contribution in [0, 0.1) is 0 Å². The Morgan fingerprint density at radius 1 is 1.30 bits per heavy atom. The second-order valence-corrected chi connectivity index (χ2v) is 8.86. The molecule has 3 aromatic heterocycles. The van der Waals surface area contributed by atoms with Gasteiger partial charge in [0.2, 0.25) is 11.8 Å². The molecule has 1 fully saturated rings. The van der Waals surface area contributed by atoms with Crippen molar-refractivity contribution < 1.29 is 18.8 Å². The zero-order valence-electron chi connectivity index (χ0n) is 16.2. The van der Waals surface area contributed by atoms with E-state index in [1.807, 2.05) is 17.5 Å². The van der Waals surface area contributed by atoms with Crippen molar-refractivity contribution in [3.05, 3.63) is 46.5 Å². The molecule has 8 nitrogen and oxygen atoms in total. The Hall–Kier alpha value is -2.98. The second kappa shape index (κ2) is 8.80. The second-order valence-electron chi connectivity index (χ2n) is 6.84. The molecule has 4 rings (SSSR count). The molecule has 0 aliphatic carbocycles. The fourth-order valence-corrected chi connectivity index (χ4v) is 4.98. The van der Waals surface area contributed by atoms with E-state index in [1.54, 1.807) is 28.4 Å². The predicted molar refractivity (Wildman–Crippen MR) is 114 cm³/mol. The lowest BCUT2D eigenvalue weighted by Gasteiger charge is -2.22. The summed E-state index contributed by atoms with van der Waals surface area (Å²) in [6.45, 7) is 2.49. The summed E-state index contributed by atoms with van der Waals surface area (Å²) in [6.07, 6.45) is 2.82. The molecule has 0 radical (unpaired) electrons. The van der Waals surface area contributed by atoms with Gasteiger partial charge in [-0.1, -0.05) is 0 Å². The van der Waals surface area contributed by atoms with Crippen molar-refractivity contribution in [2.24, 2.45) is 0 Å². The van der Waals surface area contributed by atoms with Crippen molar-refractivity contribution in [3.63, 3.8) is 0 Å². The normalized spacial score (nSPS) is 15.9. The highest BCUT2D eigenvalue weighted by atomic mass is 32.1. The molecule has 1 saturated heterocycles. The Morgan fingerprint density at radius 2 is 2.17 bits per heavy atom. The maximum Gasteiger partial charge on any atom is 0.290 e. The van der Waals surface area contributed by atoms with Crippen LogP contribution in [0.25, 0.3) is 10.6 Å². The third-order valence-corrected chi connectivity index (χ3v) is 6.57. The van der Waals surface area contributed by atoms with Crippen LogP contribution in [0.4, 0.5) is 5.13 Å². The zero-order chi connectivity index (χ0) is 21.1. The number of anilines is 1. The lowest BCUT2D eigenvalue weighted by Crippen LogP contribution is -2.43. The minimum atomic E-state index is -0.541. The van der Waals surface area contributed by atoms with Crippen molar-refractivity contribution in [2.45, 2.75) is 32.4 Å². The van der Waals surface area contributed by atoms with E-state index in [2.05, 4.69) is 15.6 Å². The third kappa shape index (κ3) is 4.44. The average Bonchev–Trinajstić information content (AvgIpc) is 3.52. The number of aromatic nitrogens is 1. The van der Waals surface area contributed by atoms with Crippen molar-refractivity contribution in [2.75, 3.05) is 11.9 Å². The number of likely N-dealkylation sites (tertiary alicyclic amines) is 1. The first kappa shape index (κ1) is 20.3. The van der Waals surface area contributed by atoms with Crippen LogP contribution in [0.5, 0.6) is 0 Å². The Labute approximate surface area is 180 Å². The van der Waals surface area contributed by atoms with E-state index >= 15 is 0 Å². The first-order valence-electron chi connectivity index (χ1n) is 9.45. The van der Waals surface area contributed by atoms with E-state index in [1.165, 1.54) is 24.5 Å². The van der Waals surface area contributed by atoms with Crippen LogP contribution in [0.15, 0.2) is 40.3 Å². The third-order valence-electron chi connectivity index (χ3n) is 4.71. The number of carbonyl (C=O) groups excluding carboxylic acids is 3. The van der Waals surface area contributed by atoms with Gasteiger partial charge < -0.3 is 20.0 Å². The van der Waals surface area contributed by atoms with Crippen LogP contribution >= 0.6 is 22.7 Å². The van der Waals surface area contributed by atoms with Crippen molar-refractivity contribution >= 4 is 45.5 Å². The largest absolute Gasteiger partial charge is 0.459 e. The molecule has 10 heteroatoms. The molecule has 2 N–H and O–H groups in total. The number of amides is 3. The SMILES string of the molecule is CC(=O)NCc1ccc(-c2csc(NC(=O)[C@@H]3CCCN3C(=O)c3ccco3)n2)s1. The van der Waals surface area contributed by atoms with E-state index in [4.69, 9.17) is 4.42 Å². The van der Waals surface area contributed by atoms with Gasteiger partial charge in [-0.3, -0.25) is 14.4 Å². The number of hydrogen-bond donors (Lipinski definition) is 2.